The zero-order valence-corrected chi connectivity index (χ0v) is 25.4. The molecule has 0 spiro atoms. The summed E-state index contributed by atoms with van der Waals surface area (Å²) in [7, 11) is -4.15. The molecule has 0 radical (unpaired) electrons. The minimum atomic E-state index is -4.15. The van der Waals surface area contributed by atoms with Gasteiger partial charge in [-0.2, -0.15) is 4.98 Å². The number of pyridine rings is 1. The van der Waals surface area contributed by atoms with Gasteiger partial charge in [-0.05, 0) is 60.2 Å². The maximum atomic E-state index is 13.7. The number of carbonyl (C=O) groups excluding carboxylic acids is 1. The van der Waals surface area contributed by atoms with Crippen LogP contribution in [-0.2, 0) is 27.9 Å². The molecule has 5 aromatic rings. The van der Waals surface area contributed by atoms with Gasteiger partial charge in [-0.15, -0.1) is 0 Å². The largest absolute Gasteiger partial charge is 0.439 e. The number of nitrogens with one attached hydrogen (secondary N) is 2. The van der Waals surface area contributed by atoms with Crippen LogP contribution in [-0.4, -0.2) is 33.4 Å². The van der Waals surface area contributed by atoms with Gasteiger partial charge in [0.05, 0.1) is 17.4 Å². The lowest BCUT2D eigenvalue weighted by Crippen LogP contribution is -2.46. The SMILES string of the molecule is C[C@@H](Cn1c(=O)nc(Nc2ccc(Oc3ccccn3)cc2)n(Cc2ccc(Cl)cc2)c1=O)C(=O)NS(=O)(=O)c1ccccc1. The summed E-state index contributed by atoms with van der Waals surface area (Å²) in [6.45, 7) is 1.00. The molecule has 12 nitrogen and oxygen atoms in total. The molecule has 0 saturated heterocycles. The molecule has 0 saturated carbocycles. The van der Waals surface area contributed by atoms with E-state index in [-0.39, 0.29) is 17.4 Å². The number of hydrogen-bond acceptors (Lipinski definition) is 9. The Morgan fingerprint density at radius 3 is 2.27 bits per heavy atom. The quantitative estimate of drug-likeness (QED) is 0.215. The number of aromatic nitrogens is 4. The molecule has 2 heterocycles. The number of ether oxygens (including phenoxy) is 1. The first-order valence-electron chi connectivity index (χ1n) is 13.6. The predicted molar refractivity (Wildman–Crippen MR) is 168 cm³/mol. The van der Waals surface area contributed by atoms with Gasteiger partial charge in [0.2, 0.25) is 17.7 Å². The monoisotopic (exact) mass is 646 g/mol. The first-order valence-corrected chi connectivity index (χ1v) is 15.5. The van der Waals surface area contributed by atoms with E-state index in [0.717, 1.165) is 4.57 Å². The molecule has 0 bridgehead atoms. The van der Waals surface area contributed by atoms with Crippen molar-refractivity contribution in [2.45, 2.75) is 24.9 Å². The van der Waals surface area contributed by atoms with Crippen LogP contribution >= 0.6 is 11.6 Å². The Balaban J connectivity index is 1.41. The number of sulfonamides is 1. The van der Waals surface area contributed by atoms with Crippen LogP contribution in [0.4, 0.5) is 11.6 Å². The Kier molecular flexibility index (Phi) is 9.40. The standard InChI is InChI=1S/C31H27ClN6O6S/c1-21(28(39)36-45(42,43)26-7-3-2-4-8-26)19-38-30(40)35-29(37(31(38)41)20-22-10-12-23(32)13-11-22)34-24-14-16-25(17-15-24)44-27-9-5-6-18-33-27/h2-18,21H,19-20H2,1H3,(H,36,39)(H,34,35,40)/t21-/m0/s1. The number of hydrogen-bond donors (Lipinski definition) is 2. The van der Waals surface area contributed by atoms with Crippen LogP contribution in [0.3, 0.4) is 0 Å². The predicted octanol–water partition coefficient (Wildman–Crippen LogP) is 4.18. The van der Waals surface area contributed by atoms with Crippen LogP contribution in [0.2, 0.25) is 5.02 Å². The summed E-state index contributed by atoms with van der Waals surface area (Å²) in [6.07, 6.45) is 1.61. The smallest absolute Gasteiger partial charge is 0.354 e. The third kappa shape index (κ3) is 7.82. The van der Waals surface area contributed by atoms with Crippen molar-refractivity contribution in [2.75, 3.05) is 5.32 Å². The summed E-state index contributed by atoms with van der Waals surface area (Å²) < 4.78 is 35.0. The van der Waals surface area contributed by atoms with E-state index in [9.17, 15) is 22.8 Å². The fourth-order valence-electron chi connectivity index (χ4n) is 4.21. The third-order valence-corrected chi connectivity index (χ3v) is 8.18. The van der Waals surface area contributed by atoms with Crippen molar-refractivity contribution in [3.8, 4) is 11.6 Å². The fraction of sp³-hybridized carbons (Fsp3) is 0.129. The average molecular weight is 647 g/mol. The first kappa shape index (κ1) is 31.2. The van der Waals surface area contributed by atoms with Crippen molar-refractivity contribution in [3.05, 3.63) is 135 Å². The van der Waals surface area contributed by atoms with Crippen LogP contribution in [0.1, 0.15) is 12.5 Å². The summed E-state index contributed by atoms with van der Waals surface area (Å²) in [4.78, 5) is 47.8. The van der Waals surface area contributed by atoms with Crippen molar-refractivity contribution in [1.29, 1.82) is 0 Å². The molecular formula is C31H27ClN6O6S. The molecule has 1 atom stereocenters. The second-order valence-electron chi connectivity index (χ2n) is 9.93. The zero-order chi connectivity index (χ0) is 32.0. The number of rotatable bonds is 11. The zero-order valence-electron chi connectivity index (χ0n) is 23.8. The number of amides is 1. The highest BCUT2D eigenvalue weighted by Crippen LogP contribution is 2.23. The number of halogens is 1. The molecule has 230 valence electrons. The topological polar surface area (TPSA) is 154 Å². The lowest BCUT2D eigenvalue weighted by Gasteiger charge is -2.18. The van der Waals surface area contributed by atoms with Crippen molar-refractivity contribution in [3.63, 3.8) is 0 Å². The van der Waals surface area contributed by atoms with E-state index in [2.05, 4.69) is 15.3 Å². The van der Waals surface area contributed by atoms with Crippen LogP contribution < -0.4 is 26.2 Å². The normalized spacial score (nSPS) is 11.9. The van der Waals surface area contributed by atoms with Gasteiger partial charge in [0.1, 0.15) is 5.75 Å². The molecule has 0 fully saturated rings. The number of benzene rings is 3. The van der Waals surface area contributed by atoms with E-state index in [1.54, 1.807) is 79.0 Å². The minimum Gasteiger partial charge on any atom is -0.439 e. The summed E-state index contributed by atoms with van der Waals surface area (Å²) in [5.41, 5.74) is -0.477. The van der Waals surface area contributed by atoms with E-state index in [4.69, 9.17) is 16.3 Å². The summed E-state index contributed by atoms with van der Waals surface area (Å²) >= 11 is 6.03. The van der Waals surface area contributed by atoms with Gasteiger partial charge < -0.3 is 10.1 Å². The lowest BCUT2D eigenvalue weighted by atomic mass is 10.2. The second kappa shape index (κ2) is 13.6. The first-order chi connectivity index (χ1) is 21.6. The van der Waals surface area contributed by atoms with Crippen molar-refractivity contribution < 1.29 is 17.9 Å². The lowest BCUT2D eigenvalue weighted by molar-refractivity contribution is -0.123. The molecule has 0 aliphatic carbocycles. The van der Waals surface area contributed by atoms with E-state index >= 15 is 0 Å². The fourth-order valence-corrected chi connectivity index (χ4v) is 5.43. The number of nitrogens with zero attached hydrogens (tertiary/aromatic N) is 4. The Bertz CT molecular complexity index is 2020. The van der Waals surface area contributed by atoms with Gasteiger partial charge in [-0.1, -0.05) is 54.9 Å². The molecule has 2 aromatic heterocycles. The van der Waals surface area contributed by atoms with E-state index in [0.29, 0.717) is 27.9 Å². The molecule has 0 aliphatic heterocycles. The van der Waals surface area contributed by atoms with Gasteiger partial charge >= 0.3 is 11.4 Å². The van der Waals surface area contributed by atoms with Gasteiger partial charge in [-0.25, -0.2) is 32.3 Å². The van der Waals surface area contributed by atoms with Crippen LogP contribution in [0.15, 0.2) is 118 Å². The van der Waals surface area contributed by atoms with Gasteiger partial charge in [-0.3, -0.25) is 9.36 Å². The van der Waals surface area contributed by atoms with Crippen molar-refractivity contribution >= 4 is 39.2 Å². The van der Waals surface area contributed by atoms with Gasteiger partial charge in [0.25, 0.3) is 10.0 Å². The molecular weight excluding hydrogens is 620 g/mol. The van der Waals surface area contributed by atoms with Crippen LogP contribution in [0.5, 0.6) is 11.6 Å². The van der Waals surface area contributed by atoms with Crippen molar-refractivity contribution in [1.82, 2.24) is 23.8 Å². The highest BCUT2D eigenvalue weighted by atomic mass is 35.5. The molecule has 1 amide bonds. The summed E-state index contributed by atoms with van der Waals surface area (Å²) in [6, 6.07) is 26.2. The van der Waals surface area contributed by atoms with E-state index in [1.807, 2.05) is 4.72 Å². The molecule has 14 heteroatoms. The van der Waals surface area contributed by atoms with E-state index < -0.39 is 39.8 Å². The highest BCUT2D eigenvalue weighted by Gasteiger charge is 2.24. The Labute approximate surface area is 263 Å². The maximum Gasteiger partial charge on any atom is 0.354 e. The molecule has 45 heavy (non-hydrogen) atoms. The van der Waals surface area contributed by atoms with Gasteiger partial charge in [0, 0.05) is 29.5 Å². The Morgan fingerprint density at radius 1 is 0.911 bits per heavy atom. The van der Waals surface area contributed by atoms with Crippen LogP contribution in [0, 0.1) is 5.92 Å². The van der Waals surface area contributed by atoms with Crippen molar-refractivity contribution in [2.24, 2.45) is 5.92 Å². The second-order valence-corrected chi connectivity index (χ2v) is 12.0. The average Bonchev–Trinajstić information content (AvgIpc) is 3.03. The van der Waals surface area contributed by atoms with Gasteiger partial charge in [0.15, 0.2) is 0 Å². The van der Waals surface area contributed by atoms with Crippen LogP contribution in [0.25, 0.3) is 0 Å². The summed E-state index contributed by atoms with van der Waals surface area (Å²) in [5.74, 6) is -1.07. The Hall–Kier alpha value is -5.27. The Morgan fingerprint density at radius 2 is 1.60 bits per heavy atom. The molecule has 5 rings (SSSR count). The third-order valence-electron chi connectivity index (χ3n) is 6.57. The number of carbonyl (C=O) groups is 1. The molecule has 0 aliphatic rings. The minimum absolute atomic E-state index is 0.00938. The van der Waals surface area contributed by atoms with E-state index in [1.165, 1.54) is 35.8 Å². The highest BCUT2D eigenvalue weighted by molar-refractivity contribution is 7.90. The molecule has 0 unspecified atom stereocenters. The molecule has 3 aromatic carbocycles. The summed E-state index contributed by atoms with van der Waals surface area (Å²) in [5, 5.41) is 3.52. The molecule has 2 N–H and O–H groups in total. The maximum absolute atomic E-state index is 13.7. The number of anilines is 2.